The van der Waals surface area contributed by atoms with Crippen molar-refractivity contribution in [3.05, 3.63) is 29.8 Å². The van der Waals surface area contributed by atoms with Gasteiger partial charge in [-0.2, -0.15) is 0 Å². The van der Waals surface area contributed by atoms with E-state index in [0.717, 1.165) is 17.8 Å². The number of nitrogens with two attached hydrogens (primary N) is 2. The van der Waals surface area contributed by atoms with Crippen LogP contribution in [-0.2, 0) is 6.54 Å². The topological polar surface area (TPSA) is 64.1 Å². The zero-order valence-corrected chi connectivity index (χ0v) is 7.01. The zero-order valence-electron chi connectivity index (χ0n) is 7.01. The maximum atomic E-state index is 5.47. The van der Waals surface area contributed by atoms with Gasteiger partial charge in [-0.25, -0.2) is 0 Å². The molecule has 3 nitrogen and oxygen atoms in total. The van der Waals surface area contributed by atoms with Crippen LogP contribution in [0.1, 0.15) is 5.56 Å². The Labute approximate surface area is 72.8 Å². The molecule has 0 fully saturated rings. The number of benzene rings is 1. The van der Waals surface area contributed by atoms with Crippen molar-refractivity contribution in [3.63, 3.8) is 0 Å². The summed E-state index contributed by atoms with van der Waals surface area (Å²) < 4.78 is 0. The molecule has 0 bridgehead atoms. The summed E-state index contributed by atoms with van der Waals surface area (Å²) in [4.78, 5) is 0. The van der Waals surface area contributed by atoms with Crippen molar-refractivity contribution in [1.29, 1.82) is 0 Å². The minimum Gasteiger partial charge on any atom is -0.384 e. The third-order valence-corrected chi connectivity index (χ3v) is 1.56. The first kappa shape index (κ1) is 9.03. The van der Waals surface area contributed by atoms with Gasteiger partial charge in [0.25, 0.3) is 0 Å². The summed E-state index contributed by atoms with van der Waals surface area (Å²) in [5.41, 5.74) is 12.9. The van der Waals surface area contributed by atoms with Gasteiger partial charge in [0.15, 0.2) is 0 Å². The predicted octanol–water partition coefficient (Wildman–Crippen LogP) is 0.316. The molecular weight excluding hydrogens is 150 g/mol. The molecule has 1 rings (SSSR count). The molecule has 0 heterocycles. The van der Waals surface area contributed by atoms with Crippen molar-refractivity contribution in [2.45, 2.75) is 6.54 Å². The van der Waals surface area contributed by atoms with E-state index in [1.54, 1.807) is 0 Å². The number of rotatable bonds is 4. The standard InChI is InChI=1S/C9H14N3/c10-4-5-12-9-3-1-2-8(6-9)7-11/h2-3,6,12H,4-5,7,10-11H2. The van der Waals surface area contributed by atoms with Gasteiger partial charge >= 0.3 is 0 Å². The quantitative estimate of drug-likeness (QED) is 0.600. The highest BCUT2D eigenvalue weighted by Gasteiger charge is 1.92. The minimum absolute atomic E-state index is 0.550. The first-order chi connectivity index (χ1) is 5.86. The van der Waals surface area contributed by atoms with E-state index in [0.29, 0.717) is 13.1 Å². The molecule has 5 N–H and O–H groups in total. The van der Waals surface area contributed by atoms with Crippen LogP contribution in [0.4, 0.5) is 5.69 Å². The predicted molar refractivity (Wildman–Crippen MR) is 50.7 cm³/mol. The second-order valence-corrected chi connectivity index (χ2v) is 2.55. The average Bonchev–Trinajstić information content (AvgIpc) is 2.15. The third kappa shape index (κ3) is 2.53. The van der Waals surface area contributed by atoms with Gasteiger partial charge in [0.05, 0.1) is 0 Å². The van der Waals surface area contributed by atoms with Crippen molar-refractivity contribution in [2.24, 2.45) is 11.5 Å². The molecule has 12 heavy (non-hydrogen) atoms. The van der Waals surface area contributed by atoms with Gasteiger partial charge in [0, 0.05) is 25.3 Å². The van der Waals surface area contributed by atoms with Gasteiger partial charge in [0.2, 0.25) is 0 Å². The van der Waals surface area contributed by atoms with Crippen molar-refractivity contribution >= 4 is 5.69 Å². The van der Waals surface area contributed by atoms with E-state index in [-0.39, 0.29) is 0 Å². The Hall–Kier alpha value is -1.06. The van der Waals surface area contributed by atoms with Crippen molar-refractivity contribution in [3.8, 4) is 0 Å². The molecule has 0 spiro atoms. The van der Waals surface area contributed by atoms with E-state index in [1.807, 2.05) is 18.2 Å². The smallest absolute Gasteiger partial charge is 0.0350 e. The molecule has 1 radical (unpaired) electrons. The van der Waals surface area contributed by atoms with Crippen LogP contribution in [0.15, 0.2) is 18.2 Å². The van der Waals surface area contributed by atoms with E-state index in [2.05, 4.69) is 11.4 Å². The second-order valence-electron chi connectivity index (χ2n) is 2.55. The molecule has 65 valence electrons. The van der Waals surface area contributed by atoms with Gasteiger partial charge in [-0.05, 0) is 29.8 Å². The molecule has 0 aliphatic carbocycles. The van der Waals surface area contributed by atoms with Crippen LogP contribution in [0.2, 0.25) is 0 Å². The van der Waals surface area contributed by atoms with Crippen LogP contribution in [0.5, 0.6) is 0 Å². The summed E-state index contributed by atoms with van der Waals surface area (Å²) in [6, 6.07) is 8.78. The maximum Gasteiger partial charge on any atom is 0.0350 e. The molecule has 0 unspecified atom stereocenters. The summed E-state index contributed by atoms with van der Waals surface area (Å²) in [6.45, 7) is 1.96. The SMILES string of the molecule is NCCNc1c[c]cc(CN)c1. The van der Waals surface area contributed by atoms with Crippen molar-refractivity contribution < 1.29 is 0 Å². The highest BCUT2D eigenvalue weighted by Crippen LogP contribution is 2.08. The molecule has 0 saturated heterocycles. The molecule has 3 heteroatoms. The van der Waals surface area contributed by atoms with Crippen LogP contribution in [0.3, 0.4) is 0 Å². The molecule has 0 saturated carbocycles. The van der Waals surface area contributed by atoms with Gasteiger partial charge in [0.1, 0.15) is 0 Å². The van der Waals surface area contributed by atoms with E-state index < -0.39 is 0 Å². The number of anilines is 1. The van der Waals surface area contributed by atoms with E-state index in [9.17, 15) is 0 Å². The Balaban J connectivity index is 2.60. The zero-order chi connectivity index (χ0) is 8.81. The summed E-state index contributed by atoms with van der Waals surface area (Å²) in [6.07, 6.45) is 0. The largest absolute Gasteiger partial charge is 0.384 e. The molecule has 0 atom stereocenters. The first-order valence-electron chi connectivity index (χ1n) is 4.01. The lowest BCUT2D eigenvalue weighted by atomic mass is 10.2. The monoisotopic (exact) mass is 164 g/mol. The lowest BCUT2D eigenvalue weighted by Crippen LogP contribution is -2.13. The number of hydrogen-bond donors (Lipinski definition) is 3. The molecule has 1 aromatic rings. The average molecular weight is 164 g/mol. The summed E-state index contributed by atoms with van der Waals surface area (Å²) >= 11 is 0. The summed E-state index contributed by atoms with van der Waals surface area (Å²) in [5, 5.41) is 3.16. The lowest BCUT2D eigenvalue weighted by Gasteiger charge is -2.05. The minimum atomic E-state index is 0.550. The highest BCUT2D eigenvalue weighted by molar-refractivity contribution is 5.45. The third-order valence-electron chi connectivity index (χ3n) is 1.56. The van der Waals surface area contributed by atoms with Crippen LogP contribution in [-0.4, -0.2) is 13.1 Å². The van der Waals surface area contributed by atoms with E-state index >= 15 is 0 Å². The fourth-order valence-corrected chi connectivity index (χ4v) is 0.958. The van der Waals surface area contributed by atoms with Gasteiger partial charge in [-0.15, -0.1) is 0 Å². The molecule has 1 aromatic carbocycles. The Kier molecular flexibility index (Phi) is 3.57. The lowest BCUT2D eigenvalue weighted by molar-refractivity contribution is 1.02. The molecular formula is C9H14N3. The maximum absolute atomic E-state index is 5.47. The highest BCUT2D eigenvalue weighted by atomic mass is 14.9. The Morgan fingerprint density at radius 1 is 1.33 bits per heavy atom. The van der Waals surface area contributed by atoms with Gasteiger partial charge in [-0.1, -0.05) is 0 Å². The second kappa shape index (κ2) is 4.74. The van der Waals surface area contributed by atoms with Crippen LogP contribution < -0.4 is 16.8 Å². The Morgan fingerprint density at radius 3 is 2.83 bits per heavy atom. The van der Waals surface area contributed by atoms with Crippen LogP contribution >= 0.6 is 0 Å². The number of nitrogens with one attached hydrogen (secondary N) is 1. The van der Waals surface area contributed by atoms with E-state index in [1.165, 1.54) is 0 Å². The fourth-order valence-electron chi connectivity index (χ4n) is 0.958. The molecule has 0 aromatic heterocycles. The molecule has 0 aliphatic rings. The molecule has 0 aliphatic heterocycles. The first-order valence-corrected chi connectivity index (χ1v) is 4.01. The normalized spacial score (nSPS) is 9.83. The Bertz CT molecular complexity index is 235. The van der Waals surface area contributed by atoms with E-state index in [4.69, 9.17) is 11.5 Å². The van der Waals surface area contributed by atoms with Crippen molar-refractivity contribution in [2.75, 3.05) is 18.4 Å². The fraction of sp³-hybridized carbons (Fsp3) is 0.333. The van der Waals surface area contributed by atoms with Crippen molar-refractivity contribution in [1.82, 2.24) is 0 Å². The van der Waals surface area contributed by atoms with Crippen LogP contribution in [0, 0.1) is 6.07 Å². The van der Waals surface area contributed by atoms with Gasteiger partial charge < -0.3 is 16.8 Å². The molecule has 0 amide bonds. The summed E-state index contributed by atoms with van der Waals surface area (Å²) in [5.74, 6) is 0. The Morgan fingerprint density at radius 2 is 2.17 bits per heavy atom. The number of hydrogen-bond acceptors (Lipinski definition) is 3. The van der Waals surface area contributed by atoms with Crippen LogP contribution in [0.25, 0.3) is 0 Å². The van der Waals surface area contributed by atoms with Gasteiger partial charge in [-0.3, -0.25) is 0 Å². The summed E-state index contributed by atoms with van der Waals surface area (Å²) in [7, 11) is 0.